The number of aliphatic hydroxyl groups excluding tert-OH is 1. The second kappa shape index (κ2) is 19.7. The minimum atomic E-state index is -2.20. The maximum atomic E-state index is 12.5. The molecule has 10 heteroatoms. The molecule has 0 fully saturated rings. The number of allylic oxidation sites excluding steroid dienone is 3. The molecule has 1 aliphatic heterocycles. The number of cyclic esters (lactones) is 1. The first-order valence-electron chi connectivity index (χ1n) is 18.8. The number of hydrogen-bond donors (Lipinski definition) is 1. The monoisotopic (exact) mass is 758 g/mol. The molecule has 2 rings (SSSR count). The second-order valence-corrected chi connectivity index (χ2v) is 27.0. The molecule has 1 aliphatic rings. The number of rotatable bonds is 20. The van der Waals surface area contributed by atoms with Crippen LogP contribution < -0.4 is 4.74 Å². The summed E-state index contributed by atoms with van der Waals surface area (Å²) >= 11 is 0. The summed E-state index contributed by atoms with van der Waals surface area (Å²) in [6.07, 6.45) is 15.8. The zero-order valence-corrected chi connectivity index (χ0v) is 36.7. The molecule has 0 aliphatic carbocycles. The van der Waals surface area contributed by atoms with Crippen molar-refractivity contribution in [1.29, 1.82) is 0 Å². The van der Waals surface area contributed by atoms with E-state index in [0.717, 1.165) is 17.7 Å². The van der Waals surface area contributed by atoms with Gasteiger partial charge in [0.15, 0.2) is 16.6 Å². The summed E-state index contributed by atoms with van der Waals surface area (Å²) < 4.78 is 37.4. The van der Waals surface area contributed by atoms with Crippen LogP contribution in [-0.2, 0) is 34.5 Å². The highest BCUT2D eigenvalue weighted by Crippen LogP contribution is 2.41. The predicted molar refractivity (Wildman–Crippen MR) is 217 cm³/mol. The Hall–Kier alpha value is -2.48. The smallest absolute Gasteiger partial charge is 0.337 e. The van der Waals surface area contributed by atoms with Crippen LogP contribution in [0.5, 0.6) is 5.75 Å². The van der Waals surface area contributed by atoms with Gasteiger partial charge >= 0.3 is 5.97 Å². The van der Waals surface area contributed by atoms with Crippen LogP contribution in [0.15, 0.2) is 72.6 Å². The third-order valence-electron chi connectivity index (χ3n) is 10.4. The fraction of sp³-hybridized carbons (Fsp3) is 0.643. The number of carbonyl (C=O) groups excluding carboxylic acids is 1. The highest BCUT2D eigenvalue weighted by atomic mass is 28.4. The maximum absolute atomic E-state index is 12.5. The Morgan fingerprint density at radius 2 is 1.44 bits per heavy atom. The fourth-order valence-electron chi connectivity index (χ4n) is 5.27. The van der Waals surface area contributed by atoms with E-state index in [1.807, 2.05) is 30.3 Å². The van der Waals surface area contributed by atoms with E-state index in [9.17, 15) is 9.90 Å². The molecule has 0 radical (unpaired) electrons. The molecule has 0 unspecified atom stereocenters. The standard InChI is InChI=1S/C42H70O8Si2/c1-32(20-18-19-27-43)38(46-31-33-23-25-34(45-10)26-24-33)22-17-15-16-21-35(49-51(11,12)40(2,3)4)28-37(50-52(13,14)41(5,6)7)29-36-30-39(44)48-42(8,9)47-36/h15-19,22-26,30,32,35,37-38,43H,20-21,27-29,31H2,1-14H3/b16-15+,19-18+,22-17-/t32-,35-,37-,38-/m1/s1. The topological polar surface area (TPSA) is 92.7 Å². The lowest BCUT2D eigenvalue weighted by Gasteiger charge is -2.43. The molecule has 4 atom stereocenters. The third kappa shape index (κ3) is 15.5. The Morgan fingerprint density at radius 1 is 0.846 bits per heavy atom. The van der Waals surface area contributed by atoms with Crippen LogP contribution in [-0.4, -0.2) is 65.5 Å². The second-order valence-electron chi connectivity index (χ2n) is 17.5. The Morgan fingerprint density at radius 3 is 1.98 bits per heavy atom. The molecule has 0 amide bonds. The fourth-order valence-corrected chi connectivity index (χ4v) is 8.01. The van der Waals surface area contributed by atoms with Crippen molar-refractivity contribution in [1.82, 2.24) is 0 Å². The molecule has 1 heterocycles. The number of ether oxygens (including phenoxy) is 4. The number of methoxy groups -OCH3 is 1. The van der Waals surface area contributed by atoms with Crippen molar-refractivity contribution in [2.24, 2.45) is 5.92 Å². The lowest BCUT2D eigenvalue weighted by atomic mass is 9.99. The van der Waals surface area contributed by atoms with Gasteiger partial charge in [0.2, 0.25) is 5.79 Å². The Balaban J connectivity index is 2.34. The van der Waals surface area contributed by atoms with Crippen LogP contribution in [0.1, 0.15) is 93.6 Å². The van der Waals surface area contributed by atoms with Gasteiger partial charge in [0.25, 0.3) is 0 Å². The molecule has 1 aromatic carbocycles. The van der Waals surface area contributed by atoms with Gasteiger partial charge in [0, 0.05) is 20.3 Å². The Bertz CT molecular complexity index is 1360. The summed E-state index contributed by atoms with van der Waals surface area (Å²) in [4.78, 5) is 12.5. The normalized spacial score (nSPS) is 18.3. The molecule has 0 saturated heterocycles. The summed E-state index contributed by atoms with van der Waals surface area (Å²) in [5.41, 5.74) is 1.07. The Kier molecular flexibility index (Phi) is 17.3. The Labute approximate surface area is 317 Å². The predicted octanol–water partition coefficient (Wildman–Crippen LogP) is 10.4. The van der Waals surface area contributed by atoms with Crippen molar-refractivity contribution in [3.05, 3.63) is 78.1 Å². The molecule has 1 aromatic rings. The van der Waals surface area contributed by atoms with Crippen LogP contribution in [0.25, 0.3) is 0 Å². The lowest BCUT2D eigenvalue weighted by Crippen LogP contribution is -2.47. The number of hydrogen-bond acceptors (Lipinski definition) is 8. The first-order chi connectivity index (χ1) is 24.0. The van der Waals surface area contributed by atoms with Crippen LogP contribution in [0.3, 0.4) is 0 Å². The van der Waals surface area contributed by atoms with E-state index < -0.39 is 28.4 Å². The van der Waals surface area contributed by atoms with Gasteiger partial charge in [-0.1, -0.05) is 97.1 Å². The molecule has 0 saturated carbocycles. The molecule has 0 spiro atoms. The zero-order chi connectivity index (χ0) is 39.4. The zero-order valence-electron chi connectivity index (χ0n) is 34.7. The first kappa shape index (κ1) is 45.7. The van der Waals surface area contributed by atoms with Crippen molar-refractivity contribution < 1.29 is 37.7 Å². The summed E-state index contributed by atoms with van der Waals surface area (Å²) in [7, 11) is -2.69. The number of aliphatic hydroxyl groups is 1. The maximum Gasteiger partial charge on any atom is 0.337 e. The van der Waals surface area contributed by atoms with Crippen LogP contribution in [0.4, 0.5) is 0 Å². The van der Waals surface area contributed by atoms with Gasteiger partial charge in [-0.15, -0.1) is 0 Å². The molecule has 52 heavy (non-hydrogen) atoms. The van der Waals surface area contributed by atoms with Gasteiger partial charge in [-0.3, -0.25) is 0 Å². The molecule has 0 aromatic heterocycles. The third-order valence-corrected chi connectivity index (χ3v) is 19.5. The van der Waals surface area contributed by atoms with E-state index in [1.165, 1.54) is 6.08 Å². The summed E-state index contributed by atoms with van der Waals surface area (Å²) in [5.74, 6) is 0.170. The van der Waals surface area contributed by atoms with Gasteiger partial charge < -0.3 is 32.9 Å². The van der Waals surface area contributed by atoms with E-state index in [1.54, 1.807) is 27.0 Å². The van der Waals surface area contributed by atoms with Crippen molar-refractivity contribution >= 4 is 22.6 Å². The van der Waals surface area contributed by atoms with Crippen molar-refractivity contribution in [2.75, 3.05) is 13.7 Å². The molecule has 294 valence electrons. The van der Waals surface area contributed by atoms with Crippen LogP contribution in [0, 0.1) is 5.92 Å². The van der Waals surface area contributed by atoms with E-state index >= 15 is 0 Å². The molecule has 0 bridgehead atoms. The summed E-state index contributed by atoms with van der Waals surface area (Å²) in [6, 6.07) is 7.92. The van der Waals surface area contributed by atoms with Crippen LogP contribution in [0.2, 0.25) is 36.3 Å². The van der Waals surface area contributed by atoms with Gasteiger partial charge in [-0.05, 0) is 79.1 Å². The average Bonchev–Trinajstić information content (AvgIpc) is 3.00. The highest BCUT2D eigenvalue weighted by molar-refractivity contribution is 6.74. The molecular formula is C42H70O8Si2. The lowest BCUT2D eigenvalue weighted by molar-refractivity contribution is -0.206. The molecule has 1 N–H and O–H groups in total. The highest BCUT2D eigenvalue weighted by Gasteiger charge is 2.43. The largest absolute Gasteiger partial charge is 0.497 e. The van der Waals surface area contributed by atoms with Crippen molar-refractivity contribution in [2.45, 2.75) is 155 Å². The number of carbonyl (C=O) groups is 1. The minimum absolute atomic E-state index is 0.00272. The van der Waals surface area contributed by atoms with E-state index in [-0.39, 0.29) is 40.9 Å². The summed E-state index contributed by atoms with van der Waals surface area (Å²) in [5, 5.41) is 9.27. The van der Waals surface area contributed by atoms with E-state index in [2.05, 4.69) is 99.0 Å². The first-order valence-corrected chi connectivity index (χ1v) is 24.6. The summed E-state index contributed by atoms with van der Waals surface area (Å²) in [6.45, 7) is 28.8. The van der Waals surface area contributed by atoms with E-state index in [4.69, 9.17) is 27.8 Å². The quantitative estimate of drug-likeness (QED) is 0.0608. The van der Waals surface area contributed by atoms with Crippen LogP contribution >= 0.6 is 0 Å². The number of benzene rings is 1. The van der Waals surface area contributed by atoms with Gasteiger partial charge in [0.1, 0.15) is 11.5 Å². The SMILES string of the molecule is COc1ccc(CO[C@H](/C=C\C=C\C[C@H](C[C@H](CC2=CC(=O)OC(C)(C)O2)O[Si](C)(C)C(C)(C)C)O[Si](C)(C)C(C)(C)C)[C@H](C)C/C=C/CO)cc1. The average molecular weight is 759 g/mol. The minimum Gasteiger partial charge on any atom is -0.497 e. The number of esters is 1. The molecular weight excluding hydrogens is 689 g/mol. The van der Waals surface area contributed by atoms with Crippen molar-refractivity contribution in [3.63, 3.8) is 0 Å². The van der Waals surface area contributed by atoms with Gasteiger partial charge in [-0.25, -0.2) is 4.79 Å². The van der Waals surface area contributed by atoms with Gasteiger partial charge in [0.05, 0.1) is 44.7 Å². The van der Waals surface area contributed by atoms with Crippen molar-refractivity contribution in [3.8, 4) is 5.75 Å². The van der Waals surface area contributed by atoms with E-state index in [0.29, 0.717) is 31.6 Å². The molecule has 8 nitrogen and oxygen atoms in total. The van der Waals surface area contributed by atoms with Gasteiger partial charge in [-0.2, -0.15) is 0 Å².